The highest BCUT2D eigenvalue weighted by atomic mass is 16.5. The normalized spacial score (nSPS) is 10.0. The third-order valence-corrected chi connectivity index (χ3v) is 1.77. The summed E-state index contributed by atoms with van der Waals surface area (Å²) in [5.74, 6) is 0.694. The Hall–Kier alpha value is -1.60. The number of nitrogens with zero attached hydrogens (tertiary/aromatic N) is 2. The molecule has 1 aromatic heterocycles. The molecule has 0 unspecified atom stereocenters. The minimum atomic E-state index is 0.405. The van der Waals surface area contributed by atoms with E-state index in [0.29, 0.717) is 24.1 Å². The molecule has 0 bridgehead atoms. The minimum absolute atomic E-state index is 0.405. The maximum Gasteiger partial charge on any atom is 0.140 e. The van der Waals surface area contributed by atoms with Gasteiger partial charge in [0.05, 0.1) is 6.20 Å². The summed E-state index contributed by atoms with van der Waals surface area (Å²) in [6.45, 7) is 5.58. The van der Waals surface area contributed by atoms with Crippen LogP contribution in [-0.4, -0.2) is 24.2 Å². The fraction of sp³-hybridized carbons (Fsp3) is 0.455. The summed E-state index contributed by atoms with van der Waals surface area (Å²) in [5.41, 5.74) is 0.405. The van der Waals surface area contributed by atoms with Crippen molar-refractivity contribution in [3.05, 3.63) is 24.0 Å². The number of hydrogen-bond acceptors (Lipinski definition) is 4. The number of nitrogens with one attached hydrogen (secondary N) is 1. The second kappa shape index (κ2) is 5.99. The van der Waals surface area contributed by atoms with E-state index in [0.717, 1.165) is 6.54 Å². The van der Waals surface area contributed by atoms with Crippen LogP contribution in [-0.2, 0) is 0 Å². The van der Waals surface area contributed by atoms with Gasteiger partial charge in [0.25, 0.3) is 0 Å². The van der Waals surface area contributed by atoms with Gasteiger partial charge in [-0.05, 0) is 12.1 Å². The van der Waals surface area contributed by atoms with Crippen molar-refractivity contribution in [2.24, 2.45) is 0 Å². The standard InChI is InChI=1S/C11H15N3O/c1-9(2)13-5-6-15-11-4-3-10(7-12)14-8-11/h3-4,8-9,13H,5-6H2,1-2H3. The lowest BCUT2D eigenvalue weighted by Gasteiger charge is -2.09. The molecule has 0 aromatic carbocycles. The first-order valence-corrected chi connectivity index (χ1v) is 4.94. The second-order valence-corrected chi connectivity index (χ2v) is 3.45. The molecule has 0 amide bonds. The van der Waals surface area contributed by atoms with Crippen LogP contribution in [0.1, 0.15) is 19.5 Å². The van der Waals surface area contributed by atoms with Crippen LogP contribution < -0.4 is 10.1 Å². The van der Waals surface area contributed by atoms with Gasteiger partial charge in [-0.3, -0.25) is 0 Å². The average Bonchev–Trinajstić information content (AvgIpc) is 2.25. The molecule has 0 aliphatic carbocycles. The van der Waals surface area contributed by atoms with Crippen LogP contribution in [0.15, 0.2) is 18.3 Å². The van der Waals surface area contributed by atoms with Crippen molar-refractivity contribution in [1.29, 1.82) is 5.26 Å². The zero-order chi connectivity index (χ0) is 11.1. The maximum absolute atomic E-state index is 8.54. The summed E-state index contributed by atoms with van der Waals surface area (Å²) in [6, 6.07) is 5.82. The van der Waals surface area contributed by atoms with E-state index >= 15 is 0 Å². The van der Waals surface area contributed by atoms with E-state index in [9.17, 15) is 0 Å². The Morgan fingerprint density at radius 3 is 2.87 bits per heavy atom. The second-order valence-electron chi connectivity index (χ2n) is 3.45. The Bertz CT molecular complexity index is 327. The lowest BCUT2D eigenvalue weighted by Crippen LogP contribution is -2.27. The fourth-order valence-electron chi connectivity index (χ4n) is 1.05. The zero-order valence-corrected chi connectivity index (χ0v) is 9.03. The van der Waals surface area contributed by atoms with E-state index in [1.54, 1.807) is 18.3 Å². The van der Waals surface area contributed by atoms with Crippen LogP contribution in [0, 0.1) is 11.3 Å². The summed E-state index contributed by atoms with van der Waals surface area (Å²) in [5, 5.41) is 11.8. The van der Waals surface area contributed by atoms with Crippen molar-refractivity contribution in [3.63, 3.8) is 0 Å². The van der Waals surface area contributed by atoms with Crippen molar-refractivity contribution < 1.29 is 4.74 Å². The van der Waals surface area contributed by atoms with E-state index < -0.39 is 0 Å². The van der Waals surface area contributed by atoms with Gasteiger partial charge in [-0.2, -0.15) is 5.26 Å². The number of rotatable bonds is 5. The fourth-order valence-corrected chi connectivity index (χ4v) is 1.05. The molecule has 4 nitrogen and oxygen atoms in total. The van der Waals surface area contributed by atoms with Gasteiger partial charge >= 0.3 is 0 Å². The van der Waals surface area contributed by atoms with Gasteiger partial charge in [-0.25, -0.2) is 4.98 Å². The summed E-state index contributed by atoms with van der Waals surface area (Å²) in [6.07, 6.45) is 1.56. The van der Waals surface area contributed by atoms with Gasteiger partial charge in [0.15, 0.2) is 0 Å². The van der Waals surface area contributed by atoms with E-state index in [2.05, 4.69) is 24.1 Å². The quantitative estimate of drug-likeness (QED) is 0.737. The molecule has 1 N–H and O–H groups in total. The van der Waals surface area contributed by atoms with Crippen LogP contribution in [0.4, 0.5) is 0 Å². The van der Waals surface area contributed by atoms with Crippen molar-refractivity contribution in [2.75, 3.05) is 13.2 Å². The lowest BCUT2D eigenvalue weighted by molar-refractivity contribution is 0.308. The SMILES string of the molecule is CC(C)NCCOc1ccc(C#N)nc1. The Kier molecular flexibility index (Phi) is 4.58. The zero-order valence-electron chi connectivity index (χ0n) is 9.03. The average molecular weight is 205 g/mol. The lowest BCUT2D eigenvalue weighted by atomic mass is 10.3. The van der Waals surface area contributed by atoms with Gasteiger partial charge in [-0.15, -0.1) is 0 Å². The largest absolute Gasteiger partial charge is 0.491 e. The molecule has 15 heavy (non-hydrogen) atoms. The first-order valence-electron chi connectivity index (χ1n) is 4.94. The van der Waals surface area contributed by atoms with Crippen molar-refractivity contribution in [1.82, 2.24) is 10.3 Å². The van der Waals surface area contributed by atoms with Crippen LogP contribution in [0.3, 0.4) is 0 Å². The Labute approximate surface area is 89.9 Å². The molecule has 80 valence electrons. The van der Waals surface area contributed by atoms with Crippen molar-refractivity contribution in [2.45, 2.75) is 19.9 Å². The number of ether oxygens (including phenoxy) is 1. The van der Waals surface area contributed by atoms with Crippen LogP contribution in [0.5, 0.6) is 5.75 Å². The Morgan fingerprint density at radius 1 is 1.53 bits per heavy atom. The molecule has 1 aromatic rings. The molecule has 0 radical (unpaired) electrons. The summed E-state index contributed by atoms with van der Waals surface area (Å²) in [4.78, 5) is 3.90. The molecular weight excluding hydrogens is 190 g/mol. The van der Waals surface area contributed by atoms with Gasteiger partial charge in [0.1, 0.15) is 24.1 Å². The smallest absolute Gasteiger partial charge is 0.140 e. The molecule has 1 heterocycles. The molecule has 0 aliphatic heterocycles. The molecule has 0 atom stereocenters. The first-order chi connectivity index (χ1) is 7.22. The maximum atomic E-state index is 8.54. The van der Waals surface area contributed by atoms with Gasteiger partial charge in [-0.1, -0.05) is 13.8 Å². The Balaban J connectivity index is 2.29. The van der Waals surface area contributed by atoms with E-state index in [1.165, 1.54) is 0 Å². The highest BCUT2D eigenvalue weighted by Gasteiger charge is 1.96. The van der Waals surface area contributed by atoms with Gasteiger partial charge in [0, 0.05) is 12.6 Å². The first kappa shape index (κ1) is 11.5. The summed E-state index contributed by atoms with van der Waals surface area (Å²) >= 11 is 0. The summed E-state index contributed by atoms with van der Waals surface area (Å²) < 4.78 is 5.42. The third kappa shape index (κ3) is 4.43. The van der Waals surface area contributed by atoms with Crippen molar-refractivity contribution >= 4 is 0 Å². The van der Waals surface area contributed by atoms with E-state index in [1.807, 2.05) is 6.07 Å². The predicted molar refractivity (Wildman–Crippen MR) is 57.6 cm³/mol. The highest BCUT2D eigenvalue weighted by Crippen LogP contribution is 2.07. The van der Waals surface area contributed by atoms with Gasteiger partial charge in [0.2, 0.25) is 0 Å². The molecule has 4 heteroatoms. The minimum Gasteiger partial charge on any atom is -0.491 e. The molecule has 1 rings (SSSR count). The monoisotopic (exact) mass is 205 g/mol. The molecule has 0 spiro atoms. The number of pyridine rings is 1. The number of nitriles is 1. The van der Waals surface area contributed by atoms with Crippen LogP contribution in [0.2, 0.25) is 0 Å². The molecule has 0 aliphatic rings. The van der Waals surface area contributed by atoms with E-state index in [-0.39, 0.29) is 0 Å². The van der Waals surface area contributed by atoms with Gasteiger partial charge < -0.3 is 10.1 Å². The molecule has 0 saturated carbocycles. The number of aromatic nitrogens is 1. The highest BCUT2D eigenvalue weighted by molar-refractivity contribution is 5.26. The predicted octanol–water partition coefficient (Wildman–Crippen LogP) is 1.33. The van der Waals surface area contributed by atoms with E-state index in [4.69, 9.17) is 10.00 Å². The number of hydrogen-bond donors (Lipinski definition) is 1. The topological polar surface area (TPSA) is 57.9 Å². The molecular formula is C11H15N3O. The van der Waals surface area contributed by atoms with Crippen molar-refractivity contribution in [3.8, 4) is 11.8 Å². The molecule has 0 fully saturated rings. The van der Waals surface area contributed by atoms with Crippen LogP contribution in [0.25, 0.3) is 0 Å². The summed E-state index contributed by atoms with van der Waals surface area (Å²) in [7, 11) is 0. The molecule has 0 saturated heterocycles. The van der Waals surface area contributed by atoms with Crippen LogP contribution >= 0.6 is 0 Å². The third-order valence-electron chi connectivity index (χ3n) is 1.77. The Morgan fingerprint density at radius 2 is 2.33 bits per heavy atom.